The molecule has 0 saturated carbocycles. The molecule has 0 atom stereocenters. The summed E-state index contributed by atoms with van der Waals surface area (Å²) < 4.78 is 15.5. The van der Waals surface area contributed by atoms with E-state index in [9.17, 15) is 9.18 Å². The summed E-state index contributed by atoms with van der Waals surface area (Å²) in [6.45, 7) is 2.66. The van der Waals surface area contributed by atoms with Crippen LogP contribution in [0.4, 0.5) is 10.1 Å². The number of halogens is 1. The van der Waals surface area contributed by atoms with E-state index in [2.05, 4.69) is 0 Å². The van der Waals surface area contributed by atoms with Crippen LogP contribution in [-0.4, -0.2) is 23.4 Å². The predicted molar refractivity (Wildman–Crippen MR) is 74.0 cm³/mol. The highest BCUT2D eigenvalue weighted by molar-refractivity contribution is 5.98. The molecule has 0 amide bonds. The van der Waals surface area contributed by atoms with Gasteiger partial charge < -0.3 is 9.47 Å². The summed E-state index contributed by atoms with van der Waals surface area (Å²) >= 11 is 0. The number of hydrogen-bond donors (Lipinski definition) is 0. The van der Waals surface area contributed by atoms with Crippen LogP contribution in [0.2, 0.25) is 0 Å². The number of aromatic nitrogens is 1. The standard InChI is InChI=1S/C15H17FN2O/c1-3-18(13-8-5-4-7-12(13)16)11-15(19)14-9-6-10-17(14)2/h4-10H,3,11H2,1-2H3. The molecule has 0 unspecified atom stereocenters. The molecular weight excluding hydrogens is 243 g/mol. The van der Waals surface area contributed by atoms with Crippen molar-refractivity contribution in [2.75, 3.05) is 18.0 Å². The van der Waals surface area contributed by atoms with E-state index in [0.29, 0.717) is 17.9 Å². The number of hydrogen-bond acceptors (Lipinski definition) is 2. The summed E-state index contributed by atoms with van der Waals surface area (Å²) in [6.07, 6.45) is 1.83. The van der Waals surface area contributed by atoms with Gasteiger partial charge in [-0.1, -0.05) is 12.1 Å². The second kappa shape index (κ2) is 5.69. The maximum Gasteiger partial charge on any atom is 0.198 e. The number of carbonyl (C=O) groups excluding carboxylic acids is 1. The quantitative estimate of drug-likeness (QED) is 0.772. The molecule has 2 rings (SSSR count). The van der Waals surface area contributed by atoms with Crippen molar-refractivity contribution in [3.63, 3.8) is 0 Å². The van der Waals surface area contributed by atoms with Crippen molar-refractivity contribution in [3.8, 4) is 0 Å². The summed E-state index contributed by atoms with van der Waals surface area (Å²) in [6, 6.07) is 10.1. The van der Waals surface area contributed by atoms with Crippen molar-refractivity contribution in [2.45, 2.75) is 6.92 Å². The highest BCUT2D eigenvalue weighted by Gasteiger charge is 2.16. The molecule has 0 aliphatic carbocycles. The van der Waals surface area contributed by atoms with E-state index in [-0.39, 0.29) is 18.1 Å². The fourth-order valence-corrected chi connectivity index (χ4v) is 2.08. The first-order valence-electron chi connectivity index (χ1n) is 6.27. The Bertz CT molecular complexity index is 577. The van der Waals surface area contributed by atoms with Crippen molar-refractivity contribution < 1.29 is 9.18 Å². The molecule has 0 N–H and O–H groups in total. The van der Waals surface area contributed by atoms with Gasteiger partial charge in [0.05, 0.1) is 17.9 Å². The average Bonchev–Trinajstić information content (AvgIpc) is 2.83. The lowest BCUT2D eigenvalue weighted by molar-refractivity contribution is 0.0991. The van der Waals surface area contributed by atoms with Gasteiger partial charge in [0, 0.05) is 19.8 Å². The Kier molecular flexibility index (Phi) is 4.00. The molecule has 100 valence electrons. The van der Waals surface area contributed by atoms with Crippen molar-refractivity contribution in [1.82, 2.24) is 4.57 Å². The van der Waals surface area contributed by atoms with Crippen LogP contribution in [0.1, 0.15) is 17.4 Å². The summed E-state index contributed by atoms with van der Waals surface area (Å²) in [4.78, 5) is 13.9. The smallest absolute Gasteiger partial charge is 0.198 e. The largest absolute Gasteiger partial charge is 0.362 e. The second-order valence-electron chi connectivity index (χ2n) is 4.39. The molecular formula is C15H17FN2O. The Labute approximate surface area is 112 Å². The van der Waals surface area contributed by atoms with E-state index in [1.165, 1.54) is 6.07 Å². The SMILES string of the molecule is CCN(CC(=O)c1cccn1C)c1ccccc1F. The minimum atomic E-state index is -0.302. The Hall–Kier alpha value is -2.10. The van der Waals surface area contributed by atoms with Gasteiger partial charge in [0.1, 0.15) is 5.82 Å². The average molecular weight is 260 g/mol. The molecule has 0 fully saturated rings. The number of ketones is 1. The number of Topliss-reactive ketones (excluding diaryl/α,β-unsaturated/α-hetero) is 1. The van der Waals surface area contributed by atoms with Gasteiger partial charge in [-0.15, -0.1) is 0 Å². The minimum Gasteiger partial charge on any atom is -0.362 e. The van der Waals surface area contributed by atoms with Gasteiger partial charge in [-0.2, -0.15) is 0 Å². The highest BCUT2D eigenvalue weighted by Crippen LogP contribution is 2.18. The Morgan fingerprint density at radius 3 is 2.58 bits per heavy atom. The monoisotopic (exact) mass is 260 g/mol. The van der Waals surface area contributed by atoms with Crippen LogP contribution in [0.3, 0.4) is 0 Å². The first-order chi connectivity index (χ1) is 9.13. The number of aryl methyl sites for hydroxylation is 1. The number of carbonyl (C=O) groups is 1. The van der Waals surface area contributed by atoms with Gasteiger partial charge >= 0.3 is 0 Å². The number of rotatable bonds is 5. The Morgan fingerprint density at radius 1 is 1.26 bits per heavy atom. The molecule has 1 heterocycles. The van der Waals surface area contributed by atoms with Gasteiger partial charge in [-0.05, 0) is 31.2 Å². The molecule has 0 radical (unpaired) electrons. The first kappa shape index (κ1) is 13.3. The molecule has 0 spiro atoms. The van der Waals surface area contributed by atoms with E-state index in [4.69, 9.17) is 0 Å². The van der Waals surface area contributed by atoms with E-state index in [0.717, 1.165) is 0 Å². The van der Waals surface area contributed by atoms with Crippen LogP contribution in [0.5, 0.6) is 0 Å². The van der Waals surface area contributed by atoms with Crippen LogP contribution in [0.15, 0.2) is 42.6 Å². The Balaban J connectivity index is 2.19. The molecule has 1 aromatic heterocycles. The maximum atomic E-state index is 13.7. The molecule has 3 nitrogen and oxygen atoms in total. The lowest BCUT2D eigenvalue weighted by Gasteiger charge is -2.22. The first-order valence-corrected chi connectivity index (χ1v) is 6.27. The highest BCUT2D eigenvalue weighted by atomic mass is 19.1. The van der Waals surface area contributed by atoms with Crippen molar-refractivity contribution in [3.05, 3.63) is 54.1 Å². The summed E-state index contributed by atoms with van der Waals surface area (Å²) in [5, 5.41) is 0. The second-order valence-corrected chi connectivity index (χ2v) is 4.39. The molecule has 2 aromatic rings. The van der Waals surface area contributed by atoms with E-state index in [1.807, 2.05) is 26.2 Å². The van der Waals surface area contributed by atoms with E-state index >= 15 is 0 Å². The zero-order valence-corrected chi connectivity index (χ0v) is 11.1. The molecule has 4 heteroatoms. The molecule has 19 heavy (non-hydrogen) atoms. The third-order valence-electron chi connectivity index (χ3n) is 3.14. The van der Waals surface area contributed by atoms with Crippen molar-refractivity contribution in [1.29, 1.82) is 0 Å². The summed E-state index contributed by atoms with van der Waals surface area (Å²) in [5.74, 6) is -0.318. The van der Waals surface area contributed by atoms with Gasteiger partial charge in [-0.25, -0.2) is 4.39 Å². The van der Waals surface area contributed by atoms with E-state index in [1.54, 1.807) is 33.7 Å². The van der Waals surface area contributed by atoms with Gasteiger partial charge in [0.15, 0.2) is 5.78 Å². The molecule has 0 aliphatic rings. The zero-order chi connectivity index (χ0) is 13.8. The van der Waals surface area contributed by atoms with Gasteiger partial charge in [-0.3, -0.25) is 4.79 Å². The molecule has 0 aliphatic heterocycles. The molecule has 0 saturated heterocycles. The van der Waals surface area contributed by atoms with Crippen LogP contribution in [0, 0.1) is 5.82 Å². The molecule has 0 bridgehead atoms. The third-order valence-corrected chi connectivity index (χ3v) is 3.14. The number of para-hydroxylation sites is 1. The van der Waals surface area contributed by atoms with Crippen molar-refractivity contribution >= 4 is 11.5 Å². The number of anilines is 1. The number of likely N-dealkylation sites (N-methyl/N-ethyl adjacent to an activating group) is 1. The lowest BCUT2D eigenvalue weighted by Crippen LogP contribution is -2.31. The predicted octanol–water partition coefficient (Wildman–Crippen LogP) is 2.87. The van der Waals surface area contributed by atoms with Crippen LogP contribution in [-0.2, 0) is 7.05 Å². The van der Waals surface area contributed by atoms with Crippen LogP contribution < -0.4 is 4.90 Å². The fraction of sp³-hybridized carbons (Fsp3) is 0.267. The van der Waals surface area contributed by atoms with Gasteiger partial charge in [0.25, 0.3) is 0 Å². The zero-order valence-electron chi connectivity index (χ0n) is 11.1. The number of nitrogens with zero attached hydrogens (tertiary/aromatic N) is 2. The third kappa shape index (κ3) is 2.84. The molecule has 1 aromatic carbocycles. The van der Waals surface area contributed by atoms with Crippen LogP contribution in [0.25, 0.3) is 0 Å². The van der Waals surface area contributed by atoms with Crippen molar-refractivity contribution in [2.24, 2.45) is 7.05 Å². The minimum absolute atomic E-state index is 0.0161. The number of benzene rings is 1. The summed E-state index contributed by atoms with van der Waals surface area (Å²) in [7, 11) is 1.83. The Morgan fingerprint density at radius 2 is 2.00 bits per heavy atom. The fourth-order valence-electron chi connectivity index (χ4n) is 2.08. The normalized spacial score (nSPS) is 10.5. The maximum absolute atomic E-state index is 13.7. The summed E-state index contributed by atoms with van der Waals surface area (Å²) in [5.41, 5.74) is 1.10. The lowest BCUT2D eigenvalue weighted by atomic mass is 10.2. The van der Waals surface area contributed by atoms with Crippen LogP contribution >= 0.6 is 0 Å². The topological polar surface area (TPSA) is 25.2 Å². The van der Waals surface area contributed by atoms with Gasteiger partial charge in [0.2, 0.25) is 0 Å². The van der Waals surface area contributed by atoms with E-state index < -0.39 is 0 Å².